The summed E-state index contributed by atoms with van der Waals surface area (Å²) in [5, 5.41) is 0. The molecule has 1 amide bonds. The molecule has 2 saturated carbocycles. The summed E-state index contributed by atoms with van der Waals surface area (Å²) in [4.78, 5) is 36.9. The molecule has 0 aromatic carbocycles. The van der Waals surface area contributed by atoms with Crippen molar-refractivity contribution in [1.29, 1.82) is 0 Å². The quantitative estimate of drug-likeness (QED) is 0.696. The molecule has 3 aliphatic rings. The molecular formula is C14H19NO4. The SMILES string of the molecule is COC(=O)C1CCC(=O)N1C1C[C@H]2CC(=O)C[C@H]2C1. The van der Waals surface area contributed by atoms with Gasteiger partial charge >= 0.3 is 5.97 Å². The molecule has 0 aromatic heterocycles. The number of fused-ring (bicyclic) bond motifs is 1. The normalized spacial score (nSPS) is 37.8. The molecule has 4 atom stereocenters. The van der Waals surface area contributed by atoms with Crippen LogP contribution in [0.5, 0.6) is 0 Å². The number of hydrogen-bond donors (Lipinski definition) is 0. The highest BCUT2D eigenvalue weighted by Crippen LogP contribution is 2.45. The first-order valence-electron chi connectivity index (χ1n) is 7.01. The van der Waals surface area contributed by atoms with Crippen molar-refractivity contribution in [3.8, 4) is 0 Å². The number of esters is 1. The number of hydrogen-bond acceptors (Lipinski definition) is 4. The first-order chi connectivity index (χ1) is 9.10. The molecule has 1 saturated heterocycles. The van der Waals surface area contributed by atoms with Crippen molar-refractivity contribution in [1.82, 2.24) is 4.90 Å². The van der Waals surface area contributed by atoms with Gasteiger partial charge in [-0.2, -0.15) is 0 Å². The van der Waals surface area contributed by atoms with Gasteiger partial charge in [-0.3, -0.25) is 9.59 Å². The molecule has 1 heterocycles. The number of methoxy groups -OCH3 is 1. The minimum absolute atomic E-state index is 0.0618. The molecule has 2 aliphatic carbocycles. The van der Waals surface area contributed by atoms with Crippen LogP contribution in [0.3, 0.4) is 0 Å². The Kier molecular flexibility index (Phi) is 3.07. The zero-order valence-electron chi connectivity index (χ0n) is 11.1. The Morgan fingerprint density at radius 1 is 1.21 bits per heavy atom. The Hall–Kier alpha value is -1.39. The van der Waals surface area contributed by atoms with Gasteiger partial charge in [-0.05, 0) is 31.1 Å². The summed E-state index contributed by atoms with van der Waals surface area (Å²) in [7, 11) is 1.37. The van der Waals surface area contributed by atoms with Crippen molar-refractivity contribution in [3.63, 3.8) is 0 Å². The maximum absolute atomic E-state index is 12.0. The lowest BCUT2D eigenvalue weighted by Crippen LogP contribution is -2.45. The predicted octanol–water partition coefficient (Wildman–Crippen LogP) is 0.908. The third kappa shape index (κ3) is 2.05. The molecule has 0 spiro atoms. The Bertz CT molecular complexity index is 417. The molecule has 0 N–H and O–H groups in total. The second-order valence-corrected chi connectivity index (χ2v) is 5.97. The lowest BCUT2D eigenvalue weighted by molar-refractivity contribution is -0.150. The highest BCUT2D eigenvalue weighted by molar-refractivity contribution is 5.88. The van der Waals surface area contributed by atoms with Crippen molar-refractivity contribution in [2.45, 2.75) is 50.6 Å². The van der Waals surface area contributed by atoms with Crippen LogP contribution >= 0.6 is 0 Å². The lowest BCUT2D eigenvalue weighted by atomic mass is 10.0. The zero-order chi connectivity index (χ0) is 13.6. The van der Waals surface area contributed by atoms with Crippen LogP contribution in [0.25, 0.3) is 0 Å². The molecule has 19 heavy (non-hydrogen) atoms. The second kappa shape index (κ2) is 4.62. The monoisotopic (exact) mass is 265 g/mol. The minimum Gasteiger partial charge on any atom is -0.467 e. The Morgan fingerprint density at radius 3 is 2.42 bits per heavy atom. The van der Waals surface area contributed by atoms with Crippen LogP contribution in [0, 0.1) is 11.8 Å². The summed E-state index contributed by atoms with van der Waals surface area (Å²) in [6.45, 7) is 0. The van der Waals surface area contributed by atoms with Gasteiger partial charge in [0.1, 0.15) is 11.8 Å². The summed E-state index contributed by atoms with van der Waals surface area (Å²) < 4.78 is 4.80. The average Bonchev–Trinajstić information content (AvgIpc) is 3.00. The fourth-order valence-electron chi connectivity index (χ4n) is 4.10. The number of carbonyl (C=O) groups is 3. The van der Waals surface area contributed by atoms with E-state index in [1.165, 1.54) is 7.11 Å². The number of likely N-dealkylation sites (tertiary alicyclic amines) is 1. The van der Waals surface area contributed by atoms with Crippen LogP contribution < -0.4 is 0 Å². The zero-order valence-corrected chi connectivity index (χ0v) is 11.1. The van der Waals surface area contributed by atoms with Crippen LogP contribution in [0.15, 0.2) is 0 Å². The fourth-order valence-corrected chi connectivity index (χ4v) is 4.10. The van der Waals surface area contributed by atoms with Crippen LogP contribution in [0.1, 0.15) is 38.5 Å². The van der Waals surface area contributed by atoms with Gasteiger partial charge < -0.3 is 9.64 Å². The van der Waals surface area contributed by atoms with E-state index in [0.717, 1.165) is 12.8 Å². The number of rotatable bonds is 2. The highest BCUT2D eigenvalue weighted by Gasteiger charge is 2.48. The van der Waals surface area contributed by atoms with Crippen LogP contribution in [0.4, 0.5) is 0 Å². The predicted molar refractivity (Wildman–Crippen MR) is 66.1 cm³/mol. The van der Waals surface area contributed by atoms with Gasteiger partial charge in [-0.25, -0.2) is 4.79 Å². The van der Waals surface area contributed by atoms with E-state index in [1.54, 1.807) is 4.90 Å². The molecule has 0 aromatic rings. The number of carbonyl (C=O) groups excluding carboxylic acids is 3. The molecular weight excluding hydrogens is 246 g/mol. The fraction of sp³-hybridized carbons (Fsp3) is 0.786. The van der Waals surface area contributed by atoms with Crippen LogP contribution in [-0.2, 0) is 19.1 Å². The van der Waals surface area contributed by atoms with E-state index in [2.05, 4.69) is 0 Å². The van der Waals surface area contributed by atoms with Gasteiger partial charge in [0.05, 0.1) is 7.11 Å². The summed E-state index contributed by atoms with van der Waals surface area (Å²) in [6, 6.07) is -0.278. The number of amides is 1. The highest BCUT2D eigenvalue weighted by atomic mass is 16.5. The number of ketones is 1. The minimum atomic E-state index is -0.406. The van der Waals surface area contributed by atoms with E-state index in [4.69, 9.17) is 4.74 Å². The maximum atomic E-state index is 12.0. The topological polar surface area (TPSA) is 63.7 Å². The molecule has 0 bridgehead atoms. The first-order valence-corrected chi connectivity index (χ1v) is 7.01. The van der Waals surface area contributed by atoms with Gasteiger partial charge in [0, 0.05) is 25.3 Å². The standard InChI is InChI=1S/C14H19NO4/c1-19-14(18)12-2-3-13(17)15(12)10-4-8-6-11(16)7-9(8)5-10/h8-10,12H,2-7H2,1H3/t8-,9+,10?,12?. The van der Waals surface area contributed by atoms with Crippen molar-refractivity contribution in [2.24, 2.45) is 11.8 Å². The van der Waals surface area contributed by atoms with Crippen molar-refractivity contribution >= 4 is 17.7 Å². The van der Waals surface area contributed by atoms with E-state index in [0.29, 0.717) is 43.3 Å². The van der Waals surface area contributed by atoms with Gasteiger partial charge in [0.25, 0.3) is 0 Å². The summed E-state index contributed by atoms with van der Waals surface area (Å²) in [5.41, 5.74) is 0. The van der Waals surface area contributed by atoms with E-state index < -0.39 is 6.04 Å². The Labute approximate surface area is 112 Å². The summed E-state index contributed by atoms with van der Waals surface area (Å²) >= 11 is 0. The third-order valence-electron chi connectivity index (χ3n) is 4.92. The molecule has 2 unspecified atom stereocenters. The smallest absolute Gasteiger partial charge is 0.328 e. The molecule has 0 radical (unpaired) electrons. The molecule has 1 aliphatic heterocycles. The molecule has 5 nitrogen and oxygen atoms in total. The van der Waals surface area contributed by atoms with E-state index in [-0.39, 0.29) is 17.9 Å². The maximum Gasteiger partial charge on any atom is 0.328 e. The molecule has 3 fully saturated rings. The first kappa shape index (κ1) is 12.6. The van der Waals surface area contributed by atoms with E-state index >= 15 is 0 Å². The second-order valence-electron chi connectivity index (χ2n) is 5.97. The lowest BCUT2D eigenvalue weighted by Gasteiger charge is -2.29. The number of nitrogens with zero attached hydrogens (tertiary/aromatic N) is 1. The molecule has 3 rings (SSSR count). The van der Waals surface area contributed by atoms with E-state index in [9.17, 15) is 14.4 Å². The Morgan fingerprint density at radius 2 is 1.84 bits per heavy atom. The average molecular weight is 265 g/mol. The van der Waals surface area contributed by atoms with E-state index in [1.807, 2.05) is 0 Å². The van der Waals surface area contributed by atoms with Gasteiger partial charge in [0.2, 0.25) is 5.91 Å². The third-order valence-corrected chi connectivity index (χ3v) is 4.92. The van der Waals surface area contributed by atoms with Gasteiger partial charge in [-0.1, -0.05) is 0 Å². The van der Waals surface area contributed by atoms with Crippen molar-refractivity contribution in [2.75, 3.05) is 7.11 Å². The van der Waals surface area contributed by atoms with Crippen LogP contribution in [-0.4, -0.2) is 41.8 Å². The summed E-state index contributed by atoms with van der Waals surface area (Å²) in [5.74, 6) is 0.949. The summed E-state index contributed by atoms with van der Waals surface area (Å²) in [6.07, 6.45) is 4.06. The number of ether oxygens (including phenoxy) is 1. The molecule has 104 valence electrons. The van der Waals surface area contributed by atoms with Gasteiger partial charge in [-0.15, -0.1) is 0 Å². The van der Waals surface area contributed by atoms with Crippen molar-refractivity contribution < 1.29 is 19.1 Å². The van der Waals surface area contributed by atoms with Crippen LogP contribution in [0.2, 0.25) is 0 Å². The molecule has 5 heteroatoms. The van der Waals surface area contributed by atoms with Crippen molar-refractivity contribution in [3.05, 3.63) is 0 Å². The van der Waals surface area contributed by atoms with Gasteiger partial charge in [0.15, 0.2) is 0 Å². The number of Topliss-reactive ketones (excluding diaryl/α,β-unsaturated/α-hetero) is 1. The Balaban J connectivity index is 1.73. The largest absolute Gasteiger partial charge is 0.467 e.